The zero-order valence-electron chi connectivity index (χ0n) is 12.3. The van der Waals surface area contributed by atoms with Crippen molar-refractivity contribution in [3.05, 3.63) is 59.7 Å². The average molecular weight is 285 g/mol. The molecule has 0 atom stereocenters. The van der Waals surface area contributed by atoms with Crippen molar-refractivity contribution in [2.75, 3.05) is 13.7 Å². The molecule has 0 saturated carbocycles. The van der Waals surface area contributed by atoms with Crippen LogP contribution in [-0.4, -0.2) is 19.6 Å². The normalized spacial score (nSPS) is 10.0. The van der Waals surface area contributed by atoms with Gasteiger partial charge in [0.15, 0.2) is 6.61 Å². The predicted octanol–water partition coefficient (Wildman–Crippen LogP) is 2.70. The molecule has 110 valence electrons. The van der Waals surface area contributed by atoms with Crippen molar-refractivity contribution in [1.29, 1.82) is 0 Å². The summed E-state index contributed by atoms with van der Waals surface area (Å²) >= 11 is 0. The number of nitrogens with one attached hydrogen (secondary N) is 1. The first-order valence-electron chi connectivity index (χ1n) is 6.76. The van der Waals surface area contributed by atoms with Gasteiger partial charge in [0, 0.05) is 6.54 Å². The van der Waals surface area contributed by atoms with Crippen molar-refractivity contribution in [3.63, 3.8) is 0 Å². The van der Waals surface area contributed by atoms with Gasteiger partial charge in [0.2, 0.25) is 0 Å². The number of methoxy groups -OCH3 is 1. The highest BCUT2D eigenvalue weighted by atomic mass is 16.5. The van der Waals surface area contributed by atoms with E-state index in [4.69, 9.17) is 9.47 Å². The van der Waals surface area contributed by atoms with Gasteiger partial charge in [-0.15, -0.1) is 0 Å². The smallest absolute Gasteiger partial charge is 0.258 e. The first-order valence-corrected chi connectivity index (χ1v) is 6.76. The van der Waals surface area contributed by atoms with E-state index in [1.54, 1.807) is 7.11 Å². The third-order valence-corrected chi connectivity index (χ3v) is 3.04. The molecule has 1 N–H and O–H groups in total. The van der Waals surface area contributed by atoms with E-state index >= 15 is 0 Å². The van der Waals surface area contributed by atoms with E-state index in [2.05, 4.69) is 5.32 Å². The highest BCUT2D eigenvalue weighted by Crippen LogP contribution is 2.12. The van der Waals surface area contributed by atoms with Gasteiger partial charge in [0.05, 0.1) is 7.11 Å². The molecule has 2 aromatic carbocycles. The van der Waals surface area contributed by atoms with Crippen LogP contribution in [0.1, 0.15) is 11.1 Å². The van der Waals surface area contributed by atoms with Gasteiger partial charge in [0.25, 0.3) is 5.91 Å². The molecule has 2 rings (SSSR count). The summed E-state index contributed by atoms with van der Waals surface area (Å²) in [4.78, 5) is 11.7. The molecule has 0 radical (unpaired) electrons. The SMILES string of the molecule is COc1ccc(CNC(=O)COc2ccc(C)cc2)cc1. The fourth-order valence-corrected chi connectivity index (χ4v) is 1.78. The minimum Gasteiger partial charge on any atom is -0.497 e. The number of ether oxygens (including phenoxy) is 2. The third kappa shape index (κ3) is 4.84. The summed E-state index contributed by atoms with van der Waals surface area (Å²) in [5.74, 6) is 1.35. The van der Waals surface area contributed by atoms with Crippen molar-refractivity contribution in [3.8, 4) is 11.5 Å². The van der Waals surface area contributed by atoms with Crippen molar-refractivity contribution in [2.45, 2.75) is 13.5 Å². The van der Waals surface area contributed by atoms with Gasteiger partial charge in [-0.1, -0.05) is 29.8 Å². The minimum atomic E-state index is -0.147. The Morgan fingerprint density at radius 2 is 1.62 bits per heavy atom. The lowest BCUT2D eigenvalue weighted by Gasteiger charge is -2.08. The summed E-state index contributed by atoms with van der Waals surface area (Å²) in [6.07, 6.45) is 0. The van der Waals surface area contributed by atoms with Crippen LogP contribution in [0.3, 0.4) is 0 Å². The Morgan fingerprint density at radius 1 is 1.00 bits per heavy atom. The monoisotopic (exact) mass is 285 g/mol. The quantitative estimate of drug-likeness (QED) is 0.887. The second-order valence-corrected chi connectivity index (χ2v) is 4.73. The van der Waals surface area contributed by atoms with Crippen LogP contribution in [-0.2, 0) is 11.3 Å². The molecule has 0 aliphatic heterocycles. The highest BCUT2D eigenvalue weighted by Gasteiger charge is 2.03. The highest BCUT2D eigenvalue weighted by molar-refractivity contribution is 5.77. The first-order chi connectivity index (χ1) is 10.2. The number of hydrogen-bond acceptors (Lipinski definition) is 3. The fraction of sp³-hybridized carbons (Fsp3) is 0.235. The van der Waals surface area contributed by atoms with Crippen molar-refractivity contribution in [1.82, 2.24) is 5.32 Å². The largest absolute Gasteiger partial charge is 0.497 e. The molecule has 0 aromatic heterocycles. The molecule has 21 heavy (non-hydrogen) atoms. The summed E-state index contributed by atoms with van der Waals surface area (Å²) in [6, 6.07) is 15.2. The lowest BCUT2D eigenvalue weighted by molar-refractivity contribution is -0.123. The molecule has 2 aromatic rings. The molecule has 1 amide bonds. The zero-order valence-corrected chi connectivity index (χ0v) is 12.3. The molecule has 0 bridgehead atoms. The van der Waals surface area contributed by atoms with Gasteiger partial charge in [-0.2, -0.15) is 0 Å². The maximum absolute atomic E-state index is 11.7. The Morgan fingerprint density at radius 3 is 2.24 bits per heavy atom. The Balaban J connectivity index is 1.75. The van der Waals surface area contributed by atoms with E-state index < -0.39 is 0 Å². The van der Waals surface area contributed by atoms with Crippen LogP contribution in [0, 0.1) is 6.92 Å². The van der Waals surface area contributed by atoms with Crippen LogP contribution < -0.4 is 14.8 Å². The Kier molecular flexibility index (Phi) is 5.21. The van der Waals surface area contributed by atoms with Crippen LogP contribution in [0.5, 0.6) is 11.5 Å². The number of hydrogen-bond donors (Lipinski definition) is 1. The fourth-order valence-electron chi connectivity index (χ4n) is 1.78. The molecule has 0 saturated heterocycles. The number of aryl methyl sites for hydroxylation is 1. The van der Waals surface area contributed by atoms with Gasteiger partial charge in [-0.3, -0.25) is 4.79 Å². The van der Waals surface area contributed by atoms with Crippen molar-refractivity contribution < 1.29 is 14.3 Å². The third-order valence-electron chi connectivity index (χ3n) is 3.04. The van der Waals surface area contributed by atoms with Gasteiger partial charge in [-0.25, -0.2) is 0 Å². The summed E-state index contributed by atoms with van der Waals surface area (Å²) in [7, 11) is 1.62. The van der Waals surface area contributed by atoms with E-state index in [1.807, 2.05) is 55.5 Å². The van der Waals surface area contributed by atoms with Crippen LogP contribution in [0.15, 0.2) is 48.5 Å². The minimum absolute atomic E-state index is 0.0131. The summed E-state index contributed by atoms with van der Waals surface area (Å²) < 4.78 is 10.5. The summed E-state index contributed by atoms with van der Waals surface area (Å²) in [5.41, 5.74) is 2.17. The second kappa shape index (κ2) is 7.33. The predicted molar refractivity (Wildman–Crippen MR) is 81.5 cm³/mol. The van der Waals surface area contributed by atoms with Gasteiger partial charge in [-0.05, 0) is 36.8 Å². The number of rotatable bonds is 6. The van der Waals surface area contributed by atoms with Crippen LogP contribution >= 0.6 is 0 Å². The molecule has 0 unspecified atom stereocenters. The van der Waals surface area contributed by atoms with E-state index in [-0.39, 0.29) is 12.5 Å². The van der Waals surface area contributed by atoms with Crippen LogP contribution in [0.2, 0.25) is 0 Å². The molecule has 0 aliphatic carbocycles. The number of carbonyl (C=O) groups is 1. The Labute approximate surface area is 124 Å². The Hall–Kier alpha value is -2.49. The number of carbonyl (C=O) groups excluding carboxylic acids is 1. The van der Waals surface area contributed by atoms with Crippen molar-refractivity contribution in [2.24, 2.45) is 0 Å². The van der Waals surface area contributed by atoms with Gasteiger partial charge in [0.1, 0.15) is 11.5 Å². The van der Waals surface area contributed by atoms with Crippen LogP contribution in [0.25, 0.3) is 0 Å². The lowest BCUT2D eigenvalue weighted by Crippen LogP contribution is -2.28. The maximum Gasteiger partial charge on any atom is 0.258 e. The number of benzene rings is 2. The molecule has 0 aliphatic rings. The standard InChI is InChI=1S/C17H19NO3/c1-13-3-7-16(8-4-13)21-12-17(19)18-11-14-5-9-15(20-2)10-6-14/h3-10H,11-12H2,1-2H3,(H,18,19). The van der Waals surface area contributed by atoms with Crippen molar-refractivity contribution >= 4 is 5.91 Å². The number of amides is 1. The van der Waals surface area contributed by atoms with E-state index in [1.165, 1.54) is 0 Å². The molecular formula is C17H19NO3. The topological polar surface area (TPSA) is 47.6 Å². The Bertz CT molecular complexity index is 576. The maximum atomic E-state index is 11.7. The second-order valence-electron chi connectivity index (χ2n) is 4.73. The molecule has 0 fully saturated rings. The molecule has 4 nitrogen and oxygen atoms in total. The van der Waals surface area contributed by atoms with E-state index in [0.717, 1.165) is 16.9 Å². The van der Waals surface area contributed by atoms with E-state index in [9.17, 15) is 4.79 Å². The van der Waals surface area contributed by atoms with Crippen LogP contribution in [0.4, 0.5) is 0 Å². The lowest BCUT2D eigenvalue weighted by atomic mass is 10.2. The molecule has 0 heterocycles. The average Bonchev–Trinajstić information content (AvgIpc) is 2.53. The first kappa shape index (κ1) is 14.9. The van der Waals surface area contributed by atoms with E-state index in [0.29, 0.717) is 12.3 Å². The molecular weight excluding hydrogens is 266 g/mol. The summed E-state index contributed by atoms with van der Waals surface area (Å²) in [5, 5.41) is 2.81. The molecule has 4 heteroatoms. The van der Waals surface area contributed by atoms with Gasteiger partial charge >= 0.3 is 0 Å². The summed E-state index contributed by atoms with van der Waals surface area (Å²) in [6.45, 7) is 2.49. The molecule has 0 spiro atoms. The zero-order chi connectivity index (χ0) is 15.1. The van der Waals surface area contributed by atoms with Gasteiger partial charge < -0.3 is 14.8 Å².